The summed E-state index contributed by atoms with van der Waals surface area (Å²) in [5.74, 6) is 0.0625. The molecule has 1 heterocycles. The minimum absolute atomic E-state index is 0.0625. The topological polar surface area (TPSA) is 41.1 Å². The summed E-state index contributed by atoms with van der Waals surface area (Å²) in [4.78, 5) is 12.5. The molecule has 0 radical (unpaired) electrons. The Labute approximate surface area is 102 Å². The molecule has 0 aliphatic rings. The van der Waals surface area contributed by atoms with Crippen LogP contribution in [0.15, 0.2) is 15.9 Å². The number of likely N-dealkylation sites (N-methyl/N-ethyl adjacent to an activating group) is 1. The van der Waals surface area contributed by atoms with Gasteiger partial charge in [-0.1, -0.05) is 6.92 Å². The number of hydrogen-bond acceptors (Lipinski definition) is 3. The zero-order chi connectivity index (χ0) is 11.1. The number of amides is 1. The first-order chi connectivity index (χ1) is 7.22. The second kappa shape index (κ2) is 6.98. The van der Waals surface area contributed by atoms with Crippen LogP contribution in [0, 0.1) is 0 Å². The molecule has 15 heavy (non-hydrogen) atoms. The fourth-order valence-electron chi connectivity index (χ4n) is 1.11. The highest BCUT2D eigenvalue weighted by Gasteiger charge is 2.00. The lowest BCUT2D eigenvalue weighted by atomic mass is 10.3. The minimum atomic E-state index is 0.0625. The minimum Gasteiger partial charge on any atom is -0.355 e. The third kappa shape index (κ3) is 5.30. The van der Waals surface area contributed by atoms with Crippen LogP contribution in [-0.4, -0.2) is 25.5 Å². The van der Waals surface area contributed by atoms with E-state index in [9.17, 15) is 4.79 Å². The van der Waals surface area contributed by atoms with Gasteiger partial charge in [-0.05, 0) is 35.0 Å². The van der Waals surface area contributed by atoms with Crippen molar-refractivity contribution in [2.75, 3.05) is 19.6 Å². The van der Waals surface area contributed by atoms with Crippen molar-refractivity contribution in [2.24, 2.45) is 0 Å². The highest BCUT2D eigenvalue weighted by atomic mass is 79.9. The van der Waals surface area contributed by atoms with E-state index in [4.69, 9.17) is 0 Å². The molecule has 3 nitrogen and oxygen atoms in total. The highest BCUT2D eigenvalue weighted by molar-refractivity contribution is 9.10. The Kier molecular flexibility index (Phi) is 5.90. The average molecular weight is 291 g/mol. The molecule has 0 bridgehead atoms. The molecule has 2 N–H and O–H groups in total. The summed E-state index contributed by atoms with van der Waals surface area (Å²) < 4.78 is 1.11. The molecule has 1 rings (SSSR count). The van der Waals surface area contributed by atoms with Crippen molar-refractivity contribution >= 4 is 33.2 Å². The van der Waals surface area contributed by atoms with E-state index in [-0.39, 0.29) is 5.91 Å². The summed E-state index contributed by atoms with van der Waals surface area (Å²) in [5.41, 5.74) is 0. The Hall–Kier alpha value is -0.390. The number of thiophene rings is 1. The summed E-state index contributed by atoms with van der Waals surface area (Å²) in [6.07, 6.45) is 0.897. The van der Waals surface area contributed by atoms with Gasteiger partial charge in [0.1, 0.15) is 0 Å². The molecule has 5 heteroatoms. The summed E-state index contributed by atoms with van der Waals surface area (Å²) in [6.45, 7) is 3.92. The smallest absolute Gasteiger partial charge is 0.233 e. The Bertz CT molecular complexity index is 314. The third-order valence-electron chi connectivity index (χ3n) is 1.85. The van der Waals surface area contributed by atoms with Crippen molar-refractivity contribution in [1.29, 1.82) is 0 Å². The van der Waals surface area contributed by atoms with Gasteiger partial charge < -0.3 is 10.6 Å². The van der Waals surface area contributed by atoms with Crippen LogP contribution < -0.4 is 10.6 Å². The van der Waals surface area contributed by atoms with Crippen molar-refractivity contribution in [3.8, 4) is 0 Å². The Balaban J connectivity index is 2.13. The number of carbonyl (C=O) groups is 1. The molecular formula is C10H15BrN2OS. The molecule has 84 valence electrons. The normalized spacial score (nSPS) is 10.3. The summed E-state index contributed by atoms with van der Waals surface area (Å²) in [7, 11) is 0. The predicted octanol–water partition coefficient (Wildman–Crippen LogP) is 1.78. The lowest BCUT2D eigenvalue weighted by molar-refractivity contribution is -0.120. The zero-order valence-electron chi connectivity index (χ0n) is 8.68. The van der Waals surface area contributed by atoms with Crippen molar-refractivity contribution in [3.63, 3.8) is 0 Å². The number of hydrogen-bond donors (Lipinski definition) is 2. The number of nitrogens with one attached hydrogen (secondary N) is 2. The lowest BCUT2D eigenvalue weighted by Gasteiger charge is -2.03. The van der Waals surface area contributed by atoms with Crippen molar-refractivity contribution in [1.82, 2.24) is 10.6 Å². The predicted molar refractivity (Wildman–Crippen MR) is 67.3 cm³/mol. The number of halogens is 1. The van der Waals surface area contributed by atoms with Gasteiger partial charge in [-0.2, -0.15) is 0 Å². The van der Waals surface area contributed by atoms with Crippen LogP contribution in [0.5, 0.6) is 0 Å². The quantitative estimate of drug-likeness (QED) is 0.839. The van der Waals surface area contributed by atoms with Gasteiger partial charge >= 0.3 is 0 Å². The van der Waals surface area contributed by atoms with Gasteiger partial charge in [0.05, 0.1) is 6.54 Å². The molecule has 0 spiro atoms. The molecule has 1 aromatic rings. The summed E-state index contributed by atoms with van der Waals surface area (Å²) in [6, 6.07) is 2.08. The van der Waals surface area contributed by atoms with Crippen molar-refractivity contribution < 1.29 is 4.79 Å². The fraction of sp³-hybridized carbons (Fsp3) is 0.500. The molecule has 0 saturated carbocycles. The van der Waals surface area contributed by atoms with Crippen LogP contribution in [0.1, 0.15) is 11.8 Å². The monoisotopic (exact) mass is 290 g/mol. The summed E-state index contributed by atoms with van der Waals surface area (Å²) in [5, 5.41) is 7.90. The van der Waals surface area contributed by atoms with Gasteiger partial charge in [0.2, 0.25) is 5.91 Å². The Morgan fingerprint density at radius 2 is 2.40 bits per heavy atom. The van der Waals surface area contributed by atoms with Crippen LogP contribution in [0.25, 0.3) is 0 Å². The van der Waals surface area contributed by atoms with Crippen molar-refractivity contribution in [2.45, 2.75) is 13.3 Å². The first-order valence-corrected chi connectivity index (χ1v) is 6.60. The Morgan fingerprint density at radius 1 is 1.60 bits per heavy atom. The first kappa shape index (κ1) is 12.7. The largest absolute Gasteiger partial charge is 0.355 e. The molecule has 0 aromatic carbocycles. The molecule has 0 aliphatic heterocycles. The molecule has 0 saturated heterocycles. The maximum absolute atomic E-state index is 11.2. The van der Waals surface area contributed by atoms with E-state index in [0.29, 0.717) is 13.1 Å². The van der Waals surface area contributed by atoms with Crippen LogP contribution in [0.4, 0.5) is 0 Å². The SMILES string of the molecule is CCNCC(=O)NCCc1cc(Br)cs1. The number of rotatable bonds is 6. The molecular weight excluding hydrogens is 276 g/mol. The van der Waals surface area contributed by atoms with E-state index in [1.165, 1.54) is 4.88 Å². The van der Waals surface area contributed by atoms with Gasteiger partial charge in [0.15, 0.2) is 0 Å². The Morgan fingerprint density at radius 3 is 3.00 bits per heavy atom. The molecule has 0 atom stereocenters. The molecule has 0 aliphatic carbocycles. The zero-order valence-corrected chi connectivity index (χ0v) is 11.1. The van der Waals surface area contributed by atoms with Crippen LogP contribution in [0.3, 0.4) is 0 Å². The lowest BCUT2D eigenvalue weighted by Crippen LogP contribution is -2.34. The maximum Gasteiger partial charge on any atom is 0.233 e. The second-order valence-corrected chi connectivity index (χ2v) is 5.02. The first-order valence-electron chi connectivity index (χ1n) is 4.92. The van der Waals surface area contributed by atoms with Gasteiger partial charge in [0.25, 0.3) is 0 Å². The van der Waals surface area contributed by atoms with E-state index in [0.717, 1.165) is 17.4 Å². The van der Waals surface area contributed by atoms with E-state index in [1.807, 2.05) is 6.92 Å². The standard InChI is InChI=1S/C10H15BrN2OS/c1-2-12-6-10(14)13-4-3-9-5-8(11)7-15-9/h5,7,12H,2-4,6H2,1H3,(H,13,14). The van der Waals surface area contributed by atoms with E-state index in [1.54, 1.807) is 11.3 Å². The van der Waals surface area contributed by atoms with Gasteiger partial charge in [-0.3, -0.25) is 4.79 Å². The maximum atomic E-state index is 11.2. The van der Waals surface area contributed by atoms with Gasteiger partial charge in [-0.25, -0.2) is 0 Å². The van der Waals surface area contributed by atoms with Crippen molar-refractivity contribution in [3.05, 3.63) is 20.8 Å². The number of carbonyl (C=O) groups excluding carboxylic acids is 1. The van der Waals surface area contributed by atoms with E-state index >= 15 is 0 Å². The molecule has 0 fully saturated rings. The molecule has 1 amide bonds. The molecule has 1 aromatic heterocycles. The second-order valence-electron chi connectivity index (χ2n) is 3.11. The van der Waals surface area contributed by atoms with E-state index in [2.05, 4.69) is 38.0 Å². The van der Waals surface area contributed by atoms with Gasteiger partial charge in [-0.15, -0.1) is 11.3 Å². The van der Waals surface area contributed by atoms with E-state index < -0.39 is 0 Å². The van der Waals surface area contributed by atoms with Gasteiger partial charge in [0, 0.05) is 21.3 Å². The fourth-order valence-corrected chi connectivity index (χ4v) is 2.57. The summed E-state index contributed by atoms with van der Waals surface area (Å²) >= 11 is 5.11. The van der Waals surface area contributed by atoms with Crippen LogP contribution in [0.2, 0.25) is 0 Å². The molecule has 0 unspecified atom stereocenters. The average Bonchev–Trinajstić information content (AvgIpc) is 2.61. The third-order valence-corrected chi connectivity index (χ3v) is 3.61. The van der Waals surface area contributed by atoms with Crippen LogP contribution in [-0.2, 0) is 11.2 Å². The highest BCUT2D eigenvalue weighted by Crippen LogP contribution is 2.19. The van der Waals surface area contributed by atoms with Crippen LogP contribution >= 0.6 is 27.3 Å².